The summed E-state index contributed by atoms with van der Waals surface area (Å²) < 4.78 is 5.92. The molecule has 0 fully saturated rings. The van der Waals surface area contributed by atoms with Crippen molar-refractivity contribution < 1.29 is 9.53 Å². The summed E-state index contributed by atoms with van der Waals surface area (Å²) in [6, 6.07) is 0. The highest BCUT2D eigenvalue weighted by Crippen LogP contribution is 2.23. The van der Waals surface area contributed by atoms with E-state index in [1.54, 1.807) is 0 Å². The van der Waals surface area contributed by atoms with E-state index >= 15 is 0 Å². The van der Waals surface area contributed by atoms with Crippen molar-refractivity contribution in [1.29, 1.82) is 0 Å². The minimum Gasteiger partial charge on any atom is -0.375 e. The van der Waals surface area contributed by atoms with Gasteiger partial charge in [0, 0.05) is 18.6 Å². The molecular weight excluding hydrogens is 324 g/mol. The van der Waals surface area contributed by atoms with Crippen LogP contribution in [0.1, 0.15) is 99.3 Å². The highest BCUT2D eigenvalue weighted by molar-refractivity contribution is 5.81. The molecule has 0 aliphatic rings. The van der Waals surface area contributed by atoms with Crippen LogP contribution in [0.4, 0.5) is 0 Å². The first-order chi connectivity index (χ1) is 12.2. The topological polar surface area (TPSA) is 64.3 Å². The van der Waals surface area contributed by atoms with Gasteiger partial charge in [0.2, 0.25) is 5.91 Å². The maximum atomic E-state index is 12.5. The van der Waals surface area contributed by atoms with Crippen molar-refractivity contribution in [2.45, 2.75) is 105 Å². The number of carbonyl (C=O) groups excluding carboxylic acids is 1. The van der Waals surface area contributed by atoms with Crippen molar-refractivity contribution >= 4 is 5.91 Å². The second-order valence-corrected chi connectivity index (χ2v) is 8.95. The van der Waals surface area contributed by atoms with Gasteiger partial charge in [0.1, 0.15) is 0 Å². The molecule has 0 aliphatic carbocycles. The van der Waals surface area contributed by atoms with Crippen LogP contribution in [-0.2, 0) is 9.53 Å². The molecule has 156 valence electrons. The number of nitrogens with two attached hydrogens (primary N) is 1. The van der Waals surface area contributed by atoms with E-state index in [4.69, 9.17) is 10.5 Å². The van der Waals surface area contributed by atoms with Crippen LogP contribution in [0.25, 0.3) is 0 Å². The number of rotatable bonds is 16. The van der Waals surface area contributed by atoms with E-state index in [2.05, 4.69) is 33.0 Å². The second kappa shape index (κ2) is 13.5. The van der Waals surface area contributed by atoms with Crippen molar-refractivity contribution in [1.82, 2.24) is 5.32 Å². The molecule has 0 rings (SSSR count). The van der Waals surface area contributed by atoms with Gasteiger partial charge in [-0.1, -0.05) is 66.2 Å². The molecule has 0 aromatic carbocycles. The van der Waals surface area contributed by atoms with E-state index in [1.807, 2.05) is 13.8 Å². The fourth-order valence-electron chi connectivity index (χ4n) is 3.16. The van der Waals surface area contributed by atoms with Crippen LogP contribution in [0.15, 0.2) is 0 Å². The van der Waals surface area contributed by atoms with Crippen LogP contribution in [0.2, 0.25) is 0 Å². The third-order valence-corrected chi connectivity index (χ3v) is 5.46. The van der Waals surface area contributed by atoms with E-state index in [9.17, 15) is 4.79 Å². The number of hydrogen-bond acceptors (Lipinski definition) is 3. The van der Waals surface area contributed by atoms with Crippen molar-refractivity contribution in [3.8, 4) is 0 Å². The zero-order chi connectivity index (χ0) is 20.1. The van der Waals surface area contributed by atoms with Crippen LogP contribution in [0, 0.1) is 11.3 Å². The van der Waals surface area contributed by atoms with Gasteiger partial charge in [-0.15, -0.1) is 0 Å². The Kier molecular flexibility index (Phi) is 13.2. The summed E-state index contributed by atoms with van der Waals surface area (Å²) in [7, 11) is 0. The van der Waals surface area contributed by atoms with Gasteiger partial charge >= 0.3 is 0 Å². The lowest BCUT2D eigenvalue weighted by Crippen LogP contribution is -2.39. The molecule has 0 aliphatic heterocycles. The summed E-state index contributed by atoms with van der Waals surface area (Å²) in [5, 5.41) is 3.15. The SMILES string of the molecule is CCCCCCC(CC)CCNC(=O)C(C)(C)CCOC(C)(C)CCN. The van der Waals surface area contributed by atoms with Crippen molar-refractivity contribution in [3.05, 3.63) is 0 Å². The Morgan fingerprint density at radius 2 is 1.73 bits per heavy atom. The molecule has 0 saturated carbocycles. The van der Waals surface area contributed by atoms with E-state index in [1.165, 1.54) is 38.5 Å². The quantitative estimate of drug-likeness (QED) is 0.374. The number of nitrogens with one attached hydrogen (secondary N) is 1. The summed E-state index contributed by atoms with van der Waals surface area (Å²) in [6.07, 6.45) is 10.4. The third-order valence-electron chi connectivity index (χ3n) is 5.46. The molecule has 1 atom stereocenters. The normalized spacial score (nSPS) is 13.7. The lowest BCUT2D eigenvalue weighted by Gasteiger charge is -2.29. The Morgan fingerprint density at radius 3 is 2.31 bits per heavy atom. The van der Waals surface area contributed by atoms with Gasteiger partial charge in [0.05, 0.1) is 5.60 Å². The predicted molar refractivity (Wildman–Crippen MR) is 112 cm³/mol. The van der Waals surface area contributed by atoms with Gasteiger partial charge in [0.15, 0.2) is 0 Å². The Morgan fingerprint density at radius 1 is 1.04 bits per heavy atom. The van der Waals surface area contributed by atoms with Gasteiger partial charge in [0.25, 0.3) is 0 Å². The molecule has 1 unspecified atom stereocenters. The summed E-state index contributed by atoms with van der Waals surface area (Å²) in [5.74, 6) is 0.870. The van der Waals surface area contributed by atoms with Gasteiger partial charge in [-0.05, 0) is 45.6 Å². The molecule has 0 radical (unpaired) electrons. The third kappa shape index (κ3) is 11.9. The van der Waals surface area contributed by atoms with Crippen molar-refractivity contribution in [3.63, 3.8) is 0 Å². The maximum absolute atomic E-state index is 12.5. The average molecular weight is 371 g/mol. The van der Waals surface area contributed by atoms with Gasteiger partial charge in [-0.25, -0.2) is 0 Å². The van der Waals surface area contributed by atoms with Crippen LogP contribution in [0.3, 0.4) is 0 Å². The molecule has 0 bridgehead atoms. The van der Waals surface area contributed by atoms with Crippen molar-refractivity contribution in [2.75, 3.05) is 19.7 Å². The fourth-order valence-corrected chi connectivity index (χ4v) is 3.16. The Labute approximate surface area is 163 Å². The minimum atomic E-state index is -0.401. The molecule has 0 spiro atoms. The first kappa shape index (κ1) is 25.4. The molecule has 0 saturated heterocycles. The van der Waals surface area contributed by atoms with Crippen LogP contribution in [0.5, 0.6) is 0 Å². The lowest BCUT2D eigenvalue weighted by atomic mass is 9.88. The number of hydrogen-bond donors (Lipinski definition) is 2. The first-order valence-electron chi connectivity index (χ1n) is 10.8. The summed E-state index contributed by atoms with van der Waals surface area (Å²) in [6.45, 7) is 14.6. The van der Waals surface area contributed by atoms with E-state index < -0.39 is 5.41 Å². The Bertz CT molecular complexity index is 367. The molecule has 0 aromatic heterocycles. The van der Waals surface area contributed by atoms with E-state index in [0.29, 0.717) is 13.2 Å². The van der Waals surface area contributed by atoms with Crippen LogP contribution in [-0.4, -0.2) is 31.2 Å². The zero-order valence-electron chi connectivity index (χ0n) is 18.5. The second-order valence-electron chi connectivity index (χ2n) is 8.95. The number of ether oxygens (including phenoxy) is 1. The molecule has 0 aromatic rings. The molecule has 3 N–H and O–H groups in total. The van der Waals surface area contributed by atoms with Crippen LogP contribution < -0.4 is 11.1 Å². The van der Waals surface area contributed by atoms with Gasteiger partial charge < -0.3 is 15.8 Å². The summed E-state index contributed by atoms with van der Waals surface area (Å²) in [5.41, 5.74) is 5.00. The van der Waals surface area contributed by atoms with Gasteiger partial charge in [-0.3, -0.25) is 4.79 Å². The molecule has 0 heterocycles. The van der Waals surface area contributed by atoms with Gasteiger partial charge in [-0.2, -0.15) is 0 Å². The predicted octanol–water partition coefficient (Wildman–Crippen LogP) is 5.05. The summed E-state index contributed by atoms with van der Waals surface area (Å²) >= 11 is 0. The molecule has 1 amide bonds. The van der Waals surface area contributed by atoms with E-state index in [-0.39, 0.29) is 11.5 Å². The standard InChI is InChI=1S/C22H46N2O2/c1-7-9-10-11-12-19(8-2)13-17-24-20(25)21(3,4)15-18-26-22(5,6)14-16-23/h19H,7-18,23H2,1-6H3,(H,24,25). The number of amides is 1. The Hall–Kier alpha value is -0.610. The molecule has 4 nitrogen and oxygen atoms in total. The van der Waals surface area contributed by atoms with Crippen molar-refractivity contribution in [2.24, 2.45) is 17.1 Å². The monoisotopic (exact) mass is 370 g/mol. The smallest absolute Gasteiger partial charge is 0.225 e. The fraction of sp³-hybridized carbons (Fsp3) is 0.955. The highest BCUT2D eigenvalue weighted by atomic mass is 16.5. The van der Waals surface area contributed by atoms with Crippen LogP contribution >= 0.6 is 0 Å². The number of unbranched alkanes of at least 4 members (excludes halogenated alkanes) is 3. The first-order valence-corrected chi connectivity index (χ1v) is 10.8. The lowest BCUT2D eigenvalue weighted by molar-refractivity contribution is -0.131. The molecule has 26 heavy (non-hydrogen) atoms. The molecular formula is C22H46N2O2. The summed E-state index contributed by atoms with van der Waals surface area (Å²) in [4.78, 5) is 12.5. The average Bonchev–Trinajstić information content (AvgIpc) is 2.56. The largest absolute Gasteiger partial charge is 0.375 e. The Balaban J connectivity index is 4.10. The zero-order valence-corrected chi connectivity index (χ0v) is 18.5. The van der Waals surface area contributed by atoms with E-state index in [0.717, 1.165) is 31.7 Å². The number of carbonyl (C=O) groups is 1. The molecule has 4 heteroatoms. The minimum absolute atomic E-state index is 0.138. The maximum Gasteiger partial charge on any atom is 0.225 e. The highest BCUT2D eigenvalue weighted by Gasteiger charge is 2.28.